The number of nitrogens with zero attached hydrogens (tertiary/aromatic N) is 3. The Balaban J connectivity index is 1.38. The standard InChI is InChI=1S/C20H20ClN5OS/c21-13-3-1-4-14(9-13)24-19-22-10-12-6-7-16-18(17(12)26-19)28-20(25-16)23-11-15-5-2-8-27-15/h1,3-4,9-10,15H,2,5-8,11H2,(H,23,25)(H,22,24,26). The van der Waals surface area contributed by atoms with Crippen LogP contribution in [-0.4, -0.2) is 34.2 Å². The molecule has 0 radical (unpaired) electrons. The van der Waals surface area contributed by atoms with Crippen molar-refractivity contribution in [3.63, 3.8) is 0 Å². The van der Waals surface area contributed by atoms with Gasteiger partial charge in [-0.3, -0.25) is 0 Å². The molecule has 1 atom stereocenters. The molecule has 28 heavy (non-hydrogen) atoms. The molecule has 1 aliphatic heterocycles. The van der Waals surface area contributed by atoms with Crippen molar-refractivity contribution in [2.75, 3.05) is 23.8 Å². The van der Waals surface area contributed by atoms with Gasteiger partial charge in [-0.15, -0.1) is 0 Å². The lowest BCUT2D eigenvalue weighted by atomic mass is 10.00. The highest BCUT2D eigenvalue weighted by Crippen LogP contribution is 2.38. The zero-order valence-electron chi connectivity index (χ0n) is 15.2. The van der Waals surface area contributed by atoms with E-state index in [9.17, 15) is 0 Å². The quantitative estimate of drug-likeness (QED) is 0.632. The van der Waals surface area contributed by atoms with Gasteiger partial charge in [-0.1, -0.05) is 29.0 Å². The second-order valence-corrected chi connectivity index (χ2v) is 8.45. The summed E-state index contributed by atoms with van der Waals surface area (Å²) >= 11 is 7.73. The minimum absolute atomic E-state index is 0.295. The van der Waals surface area contributed by atoms with Gasteiger partial charge in [-0.05, 0) is 49.4 Å². The van der Waals surface area contributed by atoms with Gasteiger partial charge in [0.05, 0.1) is 22.4 Å². The van der Waals surface area contributed by atoms with Crippen molar-refractivity contribution in [2.24, 2.45) is 0 Å². The van der Waals surface area contributed by atoms with E-state index in [4.69, 9.17) is 26.3 Å². The molecular formula is C20H20ClN5OS. The Labute approximate surface area is 172 Å². The zero-order valence-corrected chi connectivity index (χ0v) is 16.8. The minimum Gasteiger partial charge on any atom is -0.376 e. The third kappa shape index (κ3) is 3.70. The summed E-state index contributed by atoms with van der Waals surface area (Å²) in [6, 6.07) is 7.54. The number of aryl methyl sites for hydroxylation is 2. The van der Waals surface area contributed by atoms with Gasteiger partial charge in [0, 0.05) is 30.1 Å². The first-order valence-electron chi connectivity index (χ1n) is 9.49. The molecule has 0 amide bonds. The molecule has 3 aromatic rings. The van der Waals surface area contributed by atoms with Crippen molar-refractivity contribution >= 4 is 39.7 Å². The average molecular weight is 414 g/mol. The molecule has 3 heterocycles. The average Bonchev–Trinajstić information content (AvgIpc) is 3.36. The molecule has 144 valence electrons. The molecule has 2 N–H and O–H groups in total. The van der Waals surface area contributed by atoms with Crippen LogP contribution in [0.2, 0.25) is 5.02 Å². The monoisotopic (exact) mass is 413 g/mol. The summed E-state index contributed by atoms with van der Waals surface area (Å²) in [6.45, 7) is 1.68. The summed E-state index contributed by atoms with van der Waals surface area (Å²) in [5, 5.41) is 8.30. The molecule has 1 fully saturated rings. The summed E-state index contributed by atoms with van der Waals surface area (Å²) in [7, 11) is 0. The summed E-state index contributed by atoms with van der Waals surface area (Å²) < 4.78 is 5.69. The van der Waals surface area contributed by atoms with E-state index in [-0.39, 0.29) is 0 Å². The Morgan fingerprint density at radius 3 is 3.07 bits per heavy atom. The van der Waals surface area contributed by atoms with E-state index in [0.29, 0.717) is 17.1 Å². The van der Waals surface area contributed by atoms with Crippen molar-refractivity contribution < 1.29 is 4.74 Å². The number of hydrogen-bond donors (Lipinski definition) is 2. The van der Waals surface area contributed by atoms with Crippen LogP contribution in [0.4, 0.5) is 16.8 Å². The third-order valence-corrected chi connectivity index (χ3v) is 6.29. The Hall–Kier alpha value is -2.22. The fourth-order valence-corrected chi connectivity index (χ4v) is 4.82. The van der Waals surface area contributed by atoms with Gasteiger partial charge in [0.2, 0.25) is 5.95 Å². The molecule has 1 saturated heterocycles. The van der Waals surface area contributed by atoms with Crippen molar-refractivity contribution in [3.05, 3.63) is 46.7 Å². The van der Waals surface area contributed by atoms with E-state index >= 15 is 0 Å². The van der Waals surface area contributed by atoms with E-state index in [1.165, 1.54) is 5.56 Å². The largest absolute Gasteiger partial charge is 0.376 e. The molecule has 8 heteroatoms. The number of benzene rings is 1. The lowest BCUT2D eigenvalue weighted by Gasteiger charge is -2.15. The molecule has 1 aliphatic carbocycles. The Morgan fingerprint density at radius 1 is 1.25 bits per heavy atom. The third-order valence-electron chi connectivity index (χ3n) is 4.99. The SMILES string of the molecule is Clc1cccc(Nc2ncc3c(n2)-c2sc(NCC4CCCO4)nc2CC3)c1. The van der Waals surface area contributed by atoms with Crippen LogP contribution in [0.5, 0.6) is 0 Å². The van der Waals surface area contributed by atoms with Crippen molar-refractivity contribution in [2.45, 2.75) is 31.8 Å². The Bertz CT molecular complexity index is 1000. The number of hydrogen-bond acceptors (Lipinski definition) is 7. The number of nitrogens with one attached hydrogen (secondary N) is 2. The van der Waals surface area contributed by atoms with Crippen LogP contribution in [0, 0.1) is 0 Å². The van der Waals surface area contributed by atoms with E-state index < -0.39 is 0 Å². The maximum atomic E-state index is 6.07. The predicted molar refractivity (Wildman–Crippen MR) is 113 cm³/mol. The Kier molecular flexibility index (Phi) is 4.88. The first kappa shape index (κ1) is 17.8. The fourth-order valence-electron chi connectivity index (χ4n) is 3.58. The number of ether oxygens (including phenoxy) is 1. The molecule has 1 aromatic carbocycles. The summed E-state index contributed by atoms with van der Waals surface area (Å²) in [6.07, 6.45) is 6.31. The second-order valence-electron chi connectivity index (χ2n) is 7.01. The lowest BCUT2D eigenvalue weighted by Crippen LogP contribution is -2.18. The number of thiazole rings is 1. The summed E-state index contributed by atoms with van der Waals surface area (Å²) in [5.74, 6) is 0.566. The normalized spacial score (nSPS) is 17.8. The smallest absolute Gasteiger partial charge is 0.227 e. The second kappa shape index (κ2) is 7.66. The first-order valence-corrected chi connectivity index (χ1v) is 10.7. The highest BCUT2D eigenvalue weighted by atomic mass is 35.5. The molecule has 0 spiro atoms. The van der Waals surface area contributed by atoms with E-state index in [2.05, 4.69) is 15.6 Å². The predicted octanol–water partition coefficient (Wildman–Crippen LogP) is 4.69. The van der Waals surface area contributed by atoms with E-state index in [1.807, 2.05) is 30.5 Å². The highest BCUT2D eigenvalue weighted by molar-refractivity contribution is 7.19. The molecule has 2 aliphatic rings. The fraction of sp³-hybridized carbons (Fsp3) is 0.350. The van der Waals surface area contributed by atoms with Gasteiger partial charge in [0.15, 0.2) is 5.13 Å². The van der Waals surface area contributed by atoms with Gasteiger partial charge in [-0.2, -0.15) is 0 Å². The van der Waals surface area contributed by atoms with Crippen LogP contribution in [0.15, 0.2) is 30.5 Å². The molecule has 1 unspecified atom stereocenters. The van der Waals surface area contributed by atoms with Gasteiger partial charge in [-0.25, -0.2) is 15.0 Å². The molecule has 5 rings (SSSR count). The van der Waals surface area contributed by atoms with Crippen LogP contribution in [0.1, 0.15) is 24.1 Å². The van der Waals surface area contributed by atoms with E-state index in [1.54, 1.807) is 11.3 Å². The van der Waals surface area contributed by atoms with Crippen molar-refractivity contribution in [3.8, 4) is 10.6 Å². The number of fused-ring (bicyclic) bond motifs is 3. The number of anilines is 3. The van der Waals surface area contributed by atoms with Gasteiger partial charge in [0.25, 0.3) is 0 Å². The summed E-state index contributed by atoms with van der Waals surface area (Å²) in [4.78, 5) is 15.2. The summed E-state index contributed by atoms with van der Waals surface area (Å²) in [5.41, 5.74) is 4.12. The van der Waals surface area contributed by atoms with Crippen molar-refractivity contribution in [1.82, 2.24) is 15.0 Å². The highest BCUT2D eigenvalue weighted by Gasteiger charge is 2.24. The number of halogens is 1. The number of aromatic nitrogens is 3. The van der Waals surface area contributed by atoms with Crippen LogP contribution in [0.25, 0.3) is 10.6 Å². The van der Waals surface area contributed by atoms with E-state index in [0.717, 1.165) is 65.9 Å². The van der Waals surface area contributed by atoms with Crippen LogP contribution in [0.3, 0.4) is 0 Å². The van der Waals surface area contributed by atoms with Crippen LogP contribution >= 0.6 is 22.9 Å². The number of rotatable bonds is 5. The van der Waals surface area contributed by atoms with Crippen LogP contribution < -0.4 is 10.6 Å². The molecule has 0 saturated carbocycles. The van der Waals surface area contributed by atoms with Gasteiger partial charge in [0.1, 0.15) is 0 Å². The van der Waals surface area contributed by atoms with Crippen LogP contribution in [-0.2, 0) is 17.6 Å². The lowest BCUT2D eigenvalue weighted by molar-refractivity contribution is 0.120. The minimum atomic E-state index is 0.295. The Morgan fingerprint density at radius 2 is 2.21 bits per heavy atom. The van der Waals surface area contributed by atoms with Crippen molar-refractivity contribution in [1.29, 1.82) is 0 Å². The first-order chi connectivity index (χ1) is 13.7. The topological polar surface area (TPSA) is 72.0 Å². The zero-order chi connectivity index (χ0) is 18.9. The van der Waals surface area contributed by atoms with Gasteiger partial charge >= 0.3 is 0 Å². The molecule has 6 nitrogen and oxygen atoms in total. The maximum Gasteiger partial charge on any atom is 0.227 e. The maximum absolute atomic E-state index is 6.07. The van der Waals surface area contributed by atoms with Gasteiger partial charge < -0.3 is 15.4 Å². The molecular weight excluding hydrogens is 394 g/mol. The molecule has 0 bridgehead atoms. The molecule has 2 aromatic heterocycles.